The Bertz CT molecular complexity index is 1200. The van der Waals surface area contributed by atoms with Gasteiger partial charge in [-0.25, -0.2) is 9.37 Å². The van der Waals surface area contributed by atoms with Gasteiger partial charge in [0, 0.05) is 17.0 Å². The number of hydrogen-bond donors (Lipinski definition) is 2. The molecular formula is C21H21FN4O3S2. The normalized spacial score (nSPS) is 13.1. The smallest absolute Gasteiger partial charge is 0.269 e. The topological polar surface area (TPSA) is 93.1 Å². The predicted octanol–water partition coefficient (Wildman–Crippen LogP) is 3.05. The van der Waals surface area contributed by atoms with Crippen LogP contribution in [0.1, 0.15) is 40.6 Å². The summed E-state index contributed by atoms with van der Waals surface area (Å²) in [5.74, 6) is -1.46. The van der Waals surface area contributed by atoms with Crippen molar-refractivity contribution in [2.24, 2.45) is 0 Å². The molecule has 1 aliphatic carbocycles. The van der Waals surface area contributed by atoms with Gasteiger partial charge in [0.05, 0.1) is 11.1 Å². The third-order valence-corrected chi connectivity index (χ3v) is 7.27. The van der Waals surface area contributed by atoms with Crippen molar-refractivity contribution in [2.75, 3.05) is 5.75 Å². The SMILES string of the molecule is CCn1c(SCC(=O)NNC(=O)c2ccc(F)cc2)nc2sc3c(c2c1=O)CCCC3. The molecule has 7 nitrogen and oxygen atoms in total. The van der Waals surface area contributed by atoms with Gasteiger partial charge in [0.25, 0.3) is 11.5 Å². The van der Waals surface area contributed by atoms with E-state index < -0.39 is 17.6 Å². The van der Waals surface area contributed by atoms with Gasteiger partial charge in [-0.2, -0.15) is 0 Å². The van der Waals surface area contributed by atoms with Gasteiger partial charge in [-0.05, 0) is 62.4 Å². The number of benzene rings is 1. The average Bonchev–Trinajstić information content (AvgIpc) is 3.15. The highest BCUT2D eigenvalue weighted by atomic mass is 32.2. The lowest BCUT2D eigenvalue weighted by Gasteiger charge is -2.12. The van der Waals surface area contributed by atoms with Gasteiger partial charge < -0.3 is 0 Å². The fourth-order valence-electron chi connectivity index (χ4n) is 3.57. The first kappa shape index (κ1) is 21.5. The van der Waals surface area contributed by atoms with Crippen molar-refractivity contribution in [3.8, 4) is 0 Å². The van der Waals surface area contributed by atoms with E-state index in [1.165, 1.54) is 29.1 Å². The average molecular weight is 461 g/mol. The lowest BCUT2D eigenvalue weighted by atomic mass is 9.97. The summed E-state index contributed by atoms with van der Waals surface area (Å²) in [6.07, 6.45) is 4.12. The van der Waals surface area contributed by atoms with E-state index in [9.17, 15) is 18.8 Å². The van der Waals surface area contributed by atoms with Crippen LogP contribution >= 0.6 is 23.1 Å². The number of fused-ring (bicyclic) bond motifs is 3. The lowest BCUT2D eigenvalue weighted by molar-refractivity contribution is -0.119. The van der Waals surface area contributed by atoms with Gasteiger partial charge in [0.1, 0.15) is 10.6 Å². The van der Waals surface area contributed by atoms with Gasteiger partial charge in [0.2, 0.25) is 5.91 Å². The van der Waals surface area contributed by atoms with Crippen molar-refractivity contribution in [1.29, 1.82) is 0 Å². The van der Waals surface area contributed by atoms with Crippen LogP contribution in [0.2, 0.25) is 0 Å². The van der Waals surface area contributed by atoms with Crippen LogP contribution in [0.25, 0.3) is 10.2 Å². The molecular weight excluding hydrogens is 439 g/mol. The zero-order valence-electron chi connectivity index (χ0n) is 16.9. The maximum Gasteiger partial charge on any atom is 0.269 e. The van der Waals surface area contributed by atoms with Gasteiger partial charge in [0.15, 0.2) is 5.16 Å². The Morgan fingerprint density at radius 3 is 2.68 bits per heavy atom. The number of nitrogens with zero attached hydrogens (tertiary/aromatic N) is 2. The molecule has 0 fully saturated rings. The molecule has 10 heteroatoms. The highest BCUT2D eigenvalue weighted by Crippen LogP contribution is 2.34. The molecule has 2 amide bonds. The molecule has 0 aliphatic heterocycles. The summed E-state index contributed by atoms with van der Waals surface area (Å²) in [5.41, 5.74) is 5.94. The molecule has 4 rings (SSSR count). The van der Waals surface area contributed by atoms with E-state index in [-0.39, 0.29) is 16.9 Å². The number of hydrazine groups is 1. The van der Waals surface area contributed by atoms with E-state index in [4.69, 9.17) is 0 Å². The first-order chi connectivity index (χ1) is 15.0. The van der Waals surface area contributed by atoms with Crippen molar-refractivity contribution in [1.82, 2.24) is 20.4 Å². The van der Waals surface area contributed by atoms with Crippen molar-refractivity contribution in [2.45, 2.75) is 44.3 Å². The predicted molar refractivity (Wildman–Crippen MR) is 119 cm³/mol. The molecule has 3 aromatic rings. The molecule has 2 N–H and O–H groups in total. The van der Waals surface area contributed by atoms with E-state index in [0.29, 0.717) is 11.7 Å². The van der Waals surface area contributed by atoms with Crippen molar-refractivity contribution in [3.63, 3.8) is 0 Å². The van der Waals surface area contributed by atoms with Crippen molar-refractivity contribution < 1.29 is 14.0 Å². The zero-order valence-corrected chi connectivity index (χ0v) is 18.5. The number of aromatic nitrogens is 2. The Hall–Kier alpha value is -2.72. The highest BCUT2D eigenvalue weighted by molar-refractivity contribution is 7.99. The Kier molecular flexibility index (Phi) is 6.38. The number of nitrogens with one attached hydrogen (secondary N) is 2. The molecule has 0 bridgehead atoms. The Morgan fingerprint density at radius 2 is 1.94 bits per heavy atom. The largest absolute Gasteiger partial charge is 0.287 e. The van der Waals surface area contributed by atoms with E-state index in [0.717, 1.165) is 53.2 Å². The quantitative estimate of drug-likeness (QED) is 0.347. The molecule has 0 radical (unpaired) electrons. The number of carbonyl (C=O) groups is 2. The summed E-state index contributed by atoms with van der Waals surface area (Å²) in [7, 11) is 0. The van der Waals surface area contributed by atoms with Crippen LogP contribution < -0.4 is 16.4 Å². The minimum Gasteiger partial charge on any atom is -0.287 e. The standard InChI is InChI=1S/C21H21FN4O3S2/c1-2-26-20(29)17-14-5-3-4-6-15(14)31-19(17)23-21(26)30-11-16(27)24-25-18(28)12-7-9-13(22)10-8-12/h7-10H,2-6,11H2,1H3,(H,24,27)(H,25,28). The molecule has 0 saturated heterocycles. The van der Waals surface area contributed by atoms with Crippen molar-refractivity contribution >= 4 is 45.1 Å². The maximum atomic E-state index is 13.1. The van der Waals surface area contributed by atoms with E-state index >= 15 is 0 Å². The number of amides is 2. The van der Waals surface area contributed by atoms with E-state index in [2.05, 4.69) is 15.8 Å². The highest BCUT2D eigenvalue weighted by Gasteiger charge is 2.22. The Labute approximate surface area is 186 Å². The number of rotatable bonds is 5. The second kappa shape index (κ2) is 9.19. The number of carbonyl (C=O) groups excluding carboxylic acids is 2. The van der Waals surface area contributed by atoms with Gasteiger partial charge in [-0.15, -0.1) is 11.3 Å². The van der Waals surface area contributed by atoms with E-state index in [1.807, 2.05) is 6.92 Å². The third kappa shape index (κ3) is 4.49. The van der Waals surface area contributed by atoms with Gasteiger partial charge >= 0.3 is 0 Å². The molecule has 1 aliphatic rings. The fourth-order valence-corrected chi connectivity index (χ4v) is 5.74. The van der Waals surface area contributed by atoms with Gasteiger partial charge in [-0.1, -0.05) is 11.8 Å². The molecule has 0 saturated carbocycles. The van der Waals surface area contributed by atoms with Crippen LogP contribution in [-0.4, -0.2) is 27.1 Å². The zero-order chi connectivity index (χ0) is 22.0. The molecule has 1 aromatic carbocycles. The van der Waals surface area contributed by atoms with E-state index in [1.54, 1.807) is 15.9 Å². The number of thiophene rings is 1. The number of hydrogen-bond acceptors (Lipinski definition) is 6. The monoisotopic (exact) mass is 460 g/mol. The lowest BCUT2D eigenvalue weighted by Crippen LogP contribution is -2.42. The summed E-state index contributed by atoms with van der Waals surface area (Å²) < 4.78 is 14.5. The first-order valence-corrected chi connectivity index (χ1v) is 11.8. The molecule has 0 unspecified atom stereocenters. The third-order valence-electron chi connectivity index (χ3n) is 5.11. The molecule has 0 spiro atoms. The van der Waals surface area contributed by atoms with Crippen LogP contribution in [0.5, 0.6) is 0 Å². The van der Waals surface area contributed by atoms with Crippen LogP contribution in [0.15, 0.2) is 34.2 Å². The minimum absolute atomic E-state index is 0.0211. The maximum absolute atomic E-state index is 13.1. The number of thioether (sulfide) groups is 1. The van der Waals surface area contributed by atoms with Crippen LogP contribution in [0, 0.1) is 5.82 Å². The van der Waals surface area contributed by atoms with Crippen molar-refractivity contribution in [3.05, 3.63) is 56.4 Å². The molecule has 162 valence electrons. The summed E-state index contributed by atoms with van der Waals surface area (Å²) in [6, 6.07) is 4.98. The van der Waals surface area contributed by atoms with Gasteiger partial charge in [-0.3, -0.25) is 29.8 Å². The minimum atomic E-state index is -0.549. The molecule has 2 heterocycles. The van der Waals surface area contributed by atoms with Crippen LogP contribution in [0.4, 0.5) is 4.39 Å². The Balaban J connectivity index is 1.44. The summed E-state index contributed by atoms with van der Waals surface area (Å²) >= 11 is 2.72. The molecule has 0 atom stereocenters. The molecule has 31 heavy (non-hydrogen) atoms. The summed E-state index contributed by atoms with van der Waals surface area (Å²) in [6.45, 7) is 2.33. The summed E-state index contributed by atoms with van der Waals surface area (Å²) in [5, 5.41) is 1.21. The van der Waals surface area contributed by atoms with Crippen LogP contribution in [0.3, 0.4) is 0 Å². The Morgan fingerprint density at radius 1 is 1.19 bits per heavy atom. The van der Waals surface area contributed by atoms with Crippen LogP contribution in [-0.2, 0) is 24.2 Å². The fraction of sp³-hybridized carbons (Fsp3) is 0.333. The second-order valence-electron chi connectivity index (χ2n) is 7.13. The summed E-state index contributed by atoms with van der Waals surface area (Å²) in [4.78, 5) is 43.9. The number of aryl methyl sites for hydroxylation is 2. The second-order valence-corrected chi connectivity index (χ2v) is 9.16. The molecule has 2 aromatic heterocycles. The first-order valence-electron chi connectivity index (χ1n) is 10.0. The number of halogens is 1.